The number of nitrogens with zero attached hydrogens (tertiary/aromatic N) is 1. The molecule has 8 nitrogen and oxygen atoms in total. The Morgan fingerprint density at radius 2 is 2.00 bits per heavy atom. The van der Waals surface area contributed by atoms with Crippen LogP contribution in [0.1, 0.15) is 58.1 Å². The van der Waals surface area contributed by atoms with E-state index < -0.39 is 11.8 Å². The normalized spacial score (nSPS) is 11.1. The second-order valence-electron chi connectivity index (χ2n) is 5.04. The van der Waals surface area contributed by atoms with Crippen molar-refractivity contribution in [2.75, 3.05) is 19.4 Å². The summed E-state index contributed by atoms with van der Waals surface area (Å²) < 4.78 is 9.30. The molecule has 0 saturated heterocycles. The molecule has 1 rings (SSSR count). The number of aldehydes is 1. The van der Waals surface area contributed by atoms with Gasteiger partial charge in [0, 0.05) is 13.5 Å². The van der Waals surface area contributed by atoms with E-state index in [0.717, 1.165) is 30.6 Å². The lowest BCUT2D eigenvalue weighted by atomic mass is 10.1. The Labute approximate surface area is 149 Å². The third-order valence-corrected chi connectivity index (χ3v) is 4.12. The van der Waals surface area contributed by atoms with Crippen LogP contribution < -0.4 is 5.32 Å². The molecule has 0 aromatic carbocycles. The fourth-order valence-corrected chi connectivity index (χ4v) is 2.71. The summed E-state index contributed by atoms with van der Waals surface area (Å²) >= 11 is 1.47. The number of unbranched alkanes of at least 4 members (excludes halogenated alkanes) is 1. The SMILES string of the molecule is COC(=O)c1noc(C(=O)/C=C(\C)SCCCCNC(C)=O)c1C=O. The topological polar surface area (TPSA) is 116 Å². The highest BCUT2D eigenvalue weighted by Crippen LogP contribution is 2.20. The first-order chi connectivity index (χ1) is 11.9. The molecule has 1 amide bonds. The molecule has 1 N–H and O–H groups in total. The summed E-state index contributed by atoms with van der Waals surface area (Å²) in [6, 6.07) is 0. The molecule has 0 aliphatic carbocycles. The van der Waals surface area contributed by atoms with Crippen molar-refractivity contribution in [2.24, 2.45) is 0 Å². The molecule has 136 valence electrons. The van der Waals surface area contributed by atoms with Crippen molar-refractivity contribution in [3.8, 4) is 0 Å². The first-order valence-electron chi connectivity index (χ1n) is 7.53. The van der Waals surface area contributed by atoms with Gasteiger partial charge >= 0.3 is 5.97 Å². The molecule has 0 atom stereocenters. The maximum atomic E-state index is 12.2. The molecule has 0 aliphatic heterocycles. The summed E-state index contributed by atoms with van der Waals surface area (Å²) in [5, 5.41) is 6.13. The lowest BCUT2D eigenvalue weighted by Crippen LogP contribution is -2.20. The molecule has 1 aromatic heterocycles. The Kier molecular flexibility index (Phi) is 8.62. The van der Waals surface area contributed by atoms with Gasteiger partial charge in [-0.1, -0.05) is 5.16 Å². The van der Waals surface area contributed by atoms with Crippen LogP contribution in [0.25, 0.3) is 0 Å². The molecule has 0 bridgehead atoms. The number of carbonyl (C=O) groups excluding carboxylic acids is 4. The van der Waals surface area contributed by atoms with E-state index in [2.05, 4.69) is 15.2 Å². The largest absolute Gasteiger partial charge is 0.464 e. The summed E-state index contributed by atoms with van der Waals surface area (Å²) in [6.07, 6.45) is 3.38. The number of methoxy groups -OCH3 is 1. The van der Waals surface area contributed by atoms with Crippen molar-refractivity contribution < 1.29 is 28.4 Å². The summed E-state index contributed by atoms with van der Waals surface area (Å²) in [6.45, 7) is 3.85. The number of esters is 1. The average molecular weight is 368 g/mol. The van der Waals surface area contributed by atoms with Crippen LogP contribution in [0.3, 0.4) is 0 Å². The Balaban J connectivity index is 2.60. The molecule has 0 radical (unpaired) electrons. The molecular weight excluding hydrogens is 348 g/mol. The van der Waals surface area contributed by atoms with Gasteiger partial charge in [0.05, 0.1) is 7.11 Å². The second kappa shape index (κ2) is 10.4. The number of thioether (sulfide) groups is 1. The van der Waals surface area contributed by atoms with Gasteiger partial charge in [0.15, 0.2) is 6.29 Å². The van der Waals surface area contributed by atoms with E-state index in [0.29, 0.717) is 12.8 Å². The number of ether oxygens (including phenoxy) is 1. The zero-order valence-electron chi connectivity index (χ0n) is 14.3. The van der Waals surface area contributed by atoms with Crippen LogP contribution in [-0.2, 0) is 9.53 Å². The number of aromatic nitrogens is 1. The van der Waals surface area contributed by atoms with Crippen molar-refractivity contribution in [1.29, 1.82) is 0 Å². The van der Waals surface area contributed by atoms with Gasteiger partial charge < -0.3 is 14.6 Å². The smallest absolute Gasteiger partial charge is 0.361 e. The van der Waals surface area contributed by atoms with Gasteiger partial charge in [-0.15, -0.1) is 11.8 Å². The minimum Gasteiger partial charge on any atom is -0.464 e. The third-order valence-electron chi connectivity index (χ3n) is 3.06. The first-order valence-corrected chi connectivity index (χ1v) is 8.52. The Morgan fingerprint density at radius 3 is 2.60 bits per heavy atom. The molecule has 0 unspecified atom stereocenters. The fraction of sp³-hybridized carbons (Fsp3) is 0.438. The van der Waals surface area contributed by atoms with Crippen LogP contribution in [0.2, 0.25) is 0 Å². The van der Waals surface area contributed by atoms with E-state index in [9.17, 15) is 19.2 Å². The van der Waals surface area contributed by atoms with Crippen molar-refractivity contribution in [1.82, 2.24) is 10.5 Å². The third kappa shape index (κ3) is 6.54. The van der Waals surface area contributed by atoms with E-state index in [1.54, 1.807) is 6.92 Å². The maximum absolute atomic E-state index is 12.2. The van der Waals surface area contributed by atoms with E-state index >= 15 is 0 Å². The Morgan fingerprint density at radius 1 is 1.28 bits per heavy atom. The molecule has 1 heterocycles. The highest BCUT2D eigenvalue weighted by Gasteiger charge is 2.25. The van der Waals surface area contributed by atoms with Gasteiger partial charge in [-0.2, -0.15) is 0 Å². The number of carbonyl (C=O) groups is 4. The van der Waals surface area contributed by atoms with Gasteiger partial charge in [0.25, 0.3) is 0 Å². The Hall–Kier alpha value is -2.42. The number of nitrogens with one attached hydrogen (secondary N) is 1. The lowest BCUT2D eigenvalue weighted by Gasteiger charge is -2.03. The number of hydrogen-bond donors (Lipinski definition) is 1. The quantitative estimate of drug-likeness (QED) is 0.219. The summed E-state index contributed by atoms with van der Waals surface area (Å²) in [5.74, 6) is -0.966. The van der Waals surface area contributed by atoms with E-state index in [-0.39, 0.29) is 22.9 Å². The number of rotatable bonds is 10. The molecule has 9 heteroatoms. The second-order valence-corrected chi connectivity index (χ2v) is 6.38. The highest BCUT2D eigenvalue weighted by atomic mass is 32.2. The predicted molar refractivity (Wildman–Crippen MR) is 91.7 cm³/mol. The number of hydrogen-bond acceptors (Lipinski definition) is 8. The van der Waals surface area contributed by atoms with E-state index in [1.807, 2.05) is 0 Å². The number of ketones is 1. The highest BCUT2D eigenvalue weighted by molar-refractivity contribution is 8.03. The molecule has 0 spiro atoms. The summed E-state index contributed by atoms with van der Waals surface area (Å²) in [5.41, 5.74) is -0.543. The summed E-state index contributed by atoms with van der Waals surface area (Å²) in [7, 11) is 1.14. The van der Waals surface area contributed by atoms with Gasteiger partial charge in [-0.25, -0.2) is 4.79 Å². The van der Waals surface area contributed by atoms with Gasteiger partial charge in [0.1, 0.15) is 5.56 Å². The predicted octanol–water partition coefficient (Wildman–Crippen LogP) is 2.01. The molecule has 0 saturated carbocycles. The van der Waals surface area contributed by atoms with Crippen LogP contribution in [0.4, 0.5) is 0 Å². The minimum atomic E-state index is -0.848. The molecular formula is C16H20N2O6S. The first kappa shape index (κ1) is 20.6. The fourth-order valence-electron chi connectivity index (χ4n) is 1.84. The van der Waals surface area contributed by atoms with E-state index in [4.69, 9.17) is 4.52 Å². The van der Waals surface area contributed by atoms with Crippen LogP contribution in [0.5, 0.6) is 0 Å². The van der Waals surface area contributed by atoms with Crippen molar-refractivity contribution in [3.05, 3.63) is 28.0 Å². The molecule has 0 fully saturated rings. The van der Waals surface area contributed by atoms with Gasteiger partial charge in [-0.3, -0.25) is 14.4 Å². The maximum Gasteiger partial charge on any atom is 0.361 e. The van der Waals surface area contributed by atoms with Crippen molar-refractivity contribution in [2.45, 2.75) is 26.7 Å². The number of allylic oxidation sites excluding steroid dienone is 2. The number of amides is 1. The van der Waals surface area contributed by atoms with Crippen LogP contribution in [0, 0.1) is 0 Å². The molecule has 1 aromatic rings. The van der Waals surface area contributed by atoms with Crippen LogP contribution in [-0.4, -0.2) is 48.5 Å². The molecule has 25 heavy (non-hydrogen) atoms. The minimum absolute atomic E-state index is 0.0568. The zero-order chi connectivity index (χ0) is 18.8. The van der Waals surface area contributed by atoms with Crippen molar-refractivity contribution in [3.63, 3.8) is 0 Å². The molecule has 0 aliphatic rings. The van der Waals surface area contributed by atoms with E-state index in [1.165, 1.54) is 24.8 Å². The standard InChI is InChI=1S/C16H20N2O6S/c1-10(25-7-5-4-6-17-11(2)20)8-13(21)15-12(9-19)14(18-24-15)16(22)23-3/h8-9H,4-7H2,1-3H3,(H,17,20)/b10-8+. The average Bonchev–Trinajstić information content (AvgIpc) is 3.01. The van der Waals surface area contributed by atoms with Crippen LogP contribution >= 0.6 is 11.8 Å². The van der Waals surface area contributed by atoms with Gasteiger partial charge in [-0.05, 0) is 36.5 Å². The van der Waals surface area contributed by atoms with Crippen molar-refractivity contribution >= 4 is 35.7 Å². The van der Waals surface area contributed by atoms with Crippen LogP contribution in [0.15, 0.2) is 15.5 Å². The monoisotopic (exact) mass is 368 g/mol. The summed E-state index contributed by atoms with van der Waals surface area (Å²) in [4.78, 5) is 46.2. The Bertz CT molecular complexity index is 680. The van der Waals surface area contributed by atoms with Gasteiger partial charge in [0.2, 0.25) is 23.1 Å². The zero-order valence-corrected chi connectivity index (χ0v) is 15.1. The lowest BCUT2D eigenvalue weighted by molar-refractivity contribution is -0.118.